The van der Waals surface area contributed by atoms with Gasteiger partial charge in [0.1, 0.15) is 22.1 Å². The van der Waals surface area contributed by atoms with Crippen molar-refractivity contribution in [2.45, 2.75) is 24.7 Å². The average molecular weight is 481 g/mol. The lowest BCUT2D eigenvalue weighted by atomic mass is 10.1. The Balaban J connectivity index is 1.63. The van der Waals surface area contributed by atoms with Crippen LogP contribution in [0.2, 0.25) is 0 Å². The molecule has 1 N–H and O–H groups in total. The number of nitrogens with one attached hydrogen (secondary N) is 1. The normalized spacial score (nSPS) is 15.5. The van der Waals surface area contributed by atoms with Gasteiger partial charge in [-0.25, -0.2) is 8.42 Å². The number of sulfonamides is 1. The van der Waals surface area contributed by atoms with Gasteiger partial charge in [0.25, 0.3) is 5.91 Å². The molecule has 0 bridgehead atoms. The number of hydrogen-bond acceptors (Lipinski definition) is 6. The number of carbonyl (C=O) groups excluding carboxylic acids is 1. The van der Waals surface area contributed by atoms with Gasteiger partial charge in [-0.15, -0.1) is 0 Å². The van der Waals surface area contributed by atoms with Crippen molar-refractivity contribution < 1.29 is 27.4 Å². The van der Waals surface area contributed by atoms with Gasteiger partial charge in [0.15, 0.2) is 11.5 Å². The maximum Gasteiger partial charge on any atom is 0.259 e. The van der Waals surface area contributed by atoms with Crippen molar-refractivity contribution in [3.05, 3.63) is 65.7 Å². The SMILES string of the molecule is COc1ccc(Oc2cc3c(cc2S(=O)(=O)N2CCCC2)C(=O)Nc2cc(C)ccc2O3)cc1. The van der Waals surface area contributed by atoms with Crippen molar-refractivity contribution in [2.24, 2.45) is 0 Å². The fourth-order valence-corrected chi connectivity index (χ4v) is 5.70. The van der Waals surface area contributed by atoms with E-state index in [0.29, 0.717) is 36.0 Å². The standard InChI is InChI=1S/C25H24N2O6S/c1-16-5-10-21-20(13-16)26-25(28)19-14-24(34(29,30)27-11-3-4-12-27)23(15-22(19)33-21)32-18-8-6-17(31-2)7-9-18/h5-10,13-15H,3-4,11-12H2,1-2H3,(H,26,28). The van der Waals surface area contributed by atoms with Crippen LogP contribution in [-0.4, -0.2) is 38.8 Å². The summed E-state index contributed by atoms with van der Waals surface area (Å²) in [5.74, 6) is 1.37. The smallest absolute Gasteiger partial charge is 0.259 e. The van der Waals surface area contributed by atoms with Crippen LogP contribution in [0.25, 0.3) is 0 Å². The number of carbonyl (C=O) groups is 1. The zero-order valence-corrected chi connectivity index (χ0v) is 19.6. The van der Waals surface area contributed by atoms with Crippen molar-refractivity contribution in [1.82, 2.24) is 4.31 Å². The van der Waals surface area contributed by atoms with Gasteiger partial charge in [0.2, 0.25) is 10.0 Å². The number of rotatable bonds is 5. The molecule has 0 atom stereocenters. The Morgan fingerprint density at radius 3 is 2.35 bits per heavy atom. The highest BCUT2D eigenvalue weighted by Crippen LogP contribution is 2.42. The predicted octanol–water partition coefficient (Wildman–Crippen LogP) is 4.94. The molecule has 0 saturated carbocycles. The third kappa shape index (κ3) is 4.08. The monoisotopic (exact) mass is 480 g/mol. The summed E-state index contributed by atoms with van der Waals surface area (Å²) in [6.07, 6.45) is 1.58. The molecule has 0 unspecified atom stereocenters. The van der Waals surface area contributed by atoms with E-state index in [2.05, 4.69) is 5.32 Å². The zero-order chi connectivity index (χ0) is 23.9. The Bertz CT molecular complexity index is 1360. The van der Waals surface area contributed by atoms with Crippen LogP contribution in [0.1, 0.15) is 28.8 Å². The van der Waals surface area contributed by atoms with Gasteiger partial charge in [-0.1, -0.05) is 6.07 Å². The van der Waals surface area contributed by atoms with Gasteiger partial charge in [0.05, 0.1) is 18.4 Å². The molecule has 1 amide bonds. The van der Waals surface area contributed by atoms with E-state index in [4.69, 9.17) is 14.2 Å². The van der Waals surface area contributed by atoms with Crippen molar-refractivity contribution in [1.29, 1.82) is 0 Å². The molecule has 2 heterocycles. The number of amides is 1. The number of nitrogens with zero attached hydrogens (tertiary/aromatic N) is 1. The Kier molecular flexibility index (Phi) is 5.66. The summed E-state index contributed by atoms with van der Waals surface area (Å²) in [5.41, 5.74) is 1.59. The molecule has 5 rings (SSSR count). The van der Waals surface area contributed by atoms with Gasteiger partial charge in [-0.05, 0) is 67.8 Å². The lowest BCUT2D eigenvalue weighted by molar-refractivity contribution is 0.102. The molecule has 2 aliphatic heterocycles. The number of benzene rings is 3. The molecular weight excluding hydrogens is 456 g/mol. The van der Waals surface area contributed by atoms with Gasteiger partial charge in [0, 0.05) is 19.2 Å². The number of aryl methyl sites for hydroxylation is 1. The first kappa shape index (κ1) is 22.2. The van der Waals surface area contributed by atoms with Crippen molar-refractivity contribution >= 4 is 21.6 Å². The molecule has 1 fully saturated rings. The Hall–Kier alpha value is -3.56. The second kappa shape index (κ2) is 8.66. The van der Waals surface area contributed by atoms with E-state index in [1.54, 1.807) is 43.5 Å². The Morgan fingerprint density at radius 1 is 0.941 bits per heavy atom. The minimum absolute atomic E-state index is 0.0788. The van der Waals surface area contributed by atoms with E-state index >= 15 is 0 Å². The molecule has 176 valence electrons. The maximum absolute atomic E-state index is 13.5. The number of fused-ring (bicyclic) bond motifs is 2. The second-order valence-corrected chi connectivity index (χ2v) is 10.1. The summed E-state index contributed by atoms with van der Waals surface area (Å²) >= 11 is 0. The van der Waals surface area contributed by atoms with Gasteiger partial charge in [-0.3, -0.25) is 4.79 Å². The first-order valence-electron chi connectivity index (χ1n) is 10.9. The van der Waals surface area contributed by atoms with Crippen LogP contribution < -0.4 is 19.5 Å². The van der Waals surface area contributed by atoms with Crippen LogP contribution in [0.5, 0.6) is 28.7 Å². The minimum Gasteiger partial charge on any atom is -0.497 e. The molecule has 0 aromatic heterocycles. The van der Waals surface area contributed by atoms with Gasteiger partial charge < -0.3 is 19.5 Å². The fourth-order valence-electron chi connectivity index (χ4n) is 4.06. The summed E-state index contributed by atoms with van der Waals surface area (Å²) in [7, 11) is -2.34. The topological polar surface area (TPSA) is 94.2 Å². The van der Waals surface area contributed by atoms with E-state index < -0.39 is 15.9 Å². The molecule has 8 nitrogen and oxygen atoms in total. The van der Waals surface area contributed by atoms with Crippen molar-refractivity contribution in [3.8, 4) is 28.7 Å². The third-order valence-corrected chi connectivity index (χ3v) is 7.78. The molecule has 34 heavy (non-hydrogen) atoms. The van der Waals surface area contributed by atoms with Crippen molar-refractivity contribution in [2.75, 3.05) is 25.5 Å². The second-order valence-electron chi connectivity index (χ2n) is 8.24. The lowest BCUT2D eigenvalue weighted by Gasteiger charge is -2.20. The highest BCUT2D eigenvalue weighted by Gasteiger charge is 2.33. The molecule has 0 spiro atoms. The molecule has 0 aliphatic carbocycles. The summed E-state index contributed by atoms with van der Waals surface area (Å²) in [5, 5.41) is 2.82. The molecule has 0 radical (unpaired) electrons. The Morgan fingerprint density at radius 2 is 1.65 bits per heavy atom. The molecule has 9 heteroatoms. The lowest BCUT2D eigenvalue weighted by Crippen LogP contribution is -2.28. The Labute approximate surface area is 198 Å². The van der Waals surface area contributed by atoms with E-state index in [9.17, 15) is 13.2 Å². The molecule has 3 aromatic carbocycles. The van der Waals surface area contributed by atoms with Crippen LogP contribution in [0.3, 0.4) is 0 Å². The number of hydrogen-bond donors (Lipinski definition) is 1. The average Bonchev–Trinajstić information content (AvgIpc) is 3.33. The molecule has 3 aromatic rings. The van der Waals surface area contributed by atoms with E-state index in [0.717, 1.165) is 18.4 Å². The van der Waals surface area contributed by atoms with E-state index in [-0.39, 0.29) is 22.0 Å². The van der Waals surface area contributed by atoms with Crippen LogP contribution in [0, 0.1) is 6.92 Å². The largest absolute Gasteiger partial charge is 0.497 e. The van der Waals surface area contributed by atoms with Gasteiger partial charge in [-0.2, -0.15) is 4.31 Å². The first-order chi connectivity index (χ1) is 16.3. The summed E-state index contributed by atoms with van der Waals surface area (Å²) in [6.45, 7) is 2.76. The van der Waals surface area contributed by atoms with Crippen LogP contribution in [-0.2, 0) is 10.0 Å². The molecule has 2 aliphatic rings. The highest BCUT2D eigenvalue weighted by molar-refractivity contribution is 7.89. The third-order valence-electron chi connectivity index (χ3n) is 5.86. The molecular formula is C25H24N2O6S. The first-order valence-corrected chi connectivity index (χ1v) is 12.4. The summed E-state index contributed by atoms with van der Waals surface area (Å²) < 4.78 is 45.8. The summed E-state index contributed by atoms with van der Waals surface area (Å²) in [4.78, 5) is 13.0. The van der Waals surface area contributed by atoms with E-state index in [1.165, 1.54) is 16.4 Å². The minimum atomic E-state index is -3.90. The van der Waals surface area contributed by atoms with Crippen molar-refractivity contribution in [3.63, 3.8) is 0 Å². The van der Waals surface area contributed by atoms with E-state index in [1.807, 2.05) is 13.0 Å². The van der Waals surface area contributed by atoms with Crippen LogP contribution >= 0.6 is 0 Å². The van der Waals surface area contributed by atoms with Gasteiger partial charge >= 0.3 is 0 Å². The van der Waals surface area contributed by atoms with Crippen LogP contribution in [0.4, 0.5) is 5.69 Å². The quantitative estimate of drug-likeness (QED) is 0.556. The number of ether oxygens (including phenoxy) is 3. The predicted molar refractivity (Wildman–Crippen MR) is 127 cm³/mol. The summed E-state index contributed by atoms with van der Waals surface area (Å²) in [6, 6.07) is 15.1. The fraction of sp³-hybridized carbons (Fsp3) is 0.240. The number of methoxy groups -OCH3 is 1. The highest BCUT2D eigenvalue weighted by atomic mass is 32.2. The molecule has 1 saturated heterocycles. The zero-order valence-electron chi connectivity index (χ0n) is 18.8. The van der Waals surface area contributed by atoms with Crippen LogP contribution in [0.15, 0.2) is 59.5 Å². The maximum atomic E-state index is 13.5. The number of anilines is 1.